The SMILES string of the molecule is Cc1ccc2nn(C)cc2c1CN=[N+]=[N-]. The van der Waals surface area contributed by atoms with Crippen LogP contribution in [0.4, 0.5) is 0 Å². The van der Waals surface area contributed by atoms with Gasteiger partial charge in [0.05, 0.1) is 12.1 Å². The molecule has 1 aromatic carbocycles. The van der Waals surface area contributed by atoms with E-state index in [9.17, 15) is 0 Å². The molecule has 0 bridgehead atoms. The van der Waals surface area contributed by atoms with Gasteiger partial charge in [0.2, 0.25) is 0 Å². The maximum atomic E-state index is 8.33. The van der Waals surface area contributed by atoms with Crippen LogP contribution in [0.3, 0.4) is 0 Å². The van der Waals surface area contributed by atoms with Gasteiger partial charge in [-0.2, -0.15) is 5.10 Å². The minimum absolute atomic E-state index is 0.380. The van der Waals surface area contributed by atoms with Crippen molar-refractivity contribution in [2.75, 3.05) is 0 Å². The Labute approximate surface area is 86.9 Å². The number of nitrogens with zero attached hydrogens (tertiary/aromatic N) is 5. The highest BCUT2D eigenvalue weighted by molar-refractivity contribution is 5.83. The normalized spacial score (nSPS) is 10.3. The van der Waals surface area contributed by atoms with Crippen molar-refractivity contribution in [3.05, 3.63) is 39.9 Å². The summed E-state index contributed by atoms with van der Waals surface area (Å²) in [5.74, 6) is 0. The van der Waals surface area contributed by atoms with Crippen molar-refractivity contribution in [1.82, 2.24) is 9.78 Å². The Kier molecular flexibility index (Phi) is 2.31. The number of hydrogen-bond donors (Lipinski definition) is 0. The molecular weight excluding hydrogens is 190 g/mol. The standard InChI is InChI=1S/C10H11N5/c1-7-3-4-10-9(6-15(2)13-10)8(7)5-12-14-11/h3-4,6H,5H2,1-2H3. The van der Waals surface area contributed by atoms with Gasteiger partial charge in [0.25, 0.3) is 0 Å². The molecule has 2 aromatic rings. The number of aryl methyl sites for hydroxylation is 2. The van der Waals surface area contributed by atoms with Crippen LogP contribution >= 0.6 is 0 Å². The lowest BCUT2D eigenvalue weighted by Gasteiger charge is -2.02. The van der Waals surface area contributed by atoms with Crippen molar-refractivity contribution < 1.29 is 0 Å². The fraction of sp³-hybridized carbons (Fsp3) is 0.300. The van der Waals surface area contributed by atoms with Crippen molar-refractivity contribution in [1.29, 1.82) is 0 Å². The van der Waals surface area contributed by atoms with Crippen molar-refractivity contribution >= 4 is 10.9 Å². The van der Waals surface area contributed by atoms with Gasteiger partial charge < -0.3 is 0 Å². The summed E-state index contributed by atoms with van der Waals surface area (Å²) in [6, 6.07) is 3.97. The molecule has 0 aliphatic carbocycles. The van der Waals surface area contributed by atoms with Gasteiger partial charge in [-0.25, -0.2) is 0 Å². The van der Waals surface area contributed by atoms with Crippen LogP contribution in [0.5, 0.6) is 0 Å². The fourth-order valence-corrected chi connectivity index (χ4v) is 1.69. The average Bonchev–Trinajstić information content (AvgIpc) is 2.57. The number of hydrogen-bond acceptors (Lipinski definition) is 2. The molecule has 76 valence electrons. The highest BCUT2D eigenvalue weighted by atomic mass is 15.2. The molecule has 1 heterocycles. The summed E-state index contributed by atoms with van der Waals surface area (Å²) in [4.78, 5) is 2.78. The summed E-state index contributed by atoms with van der Waals surface area (Å²) < 4.78 is 1.77. The molecule has 1 aromatic heterocycles. The Morgan fingerprint density at radius 1 is 1.53 bits per heavy atom. The number of rotatable bonds is 2. The smallest absolute Gasteiger partial charge is 0.0926 e. The molecular formula is C10H11N5. The van der Waals surface area contributed by atoms with Gasteiger partial charge in [-0.15, -0.1) is 0 Å². The summed E-state index contributed by atoms with van der Waals surface area (Å²) in [5.41, 5.74) is 11.5. The topological polar surface area (TPSA) is 66.6 Å². The first-order chi connectivity index (χ1) is 7.22. The summed E-state index contributed by atoms with van der Waals surface area (Å²) >= 11 is 0. The molecule has 0 unspecified atom stereocenters. The third-order valence-electron chi connectivity index (χ3n) is 2.44. The van der Waals surface area contributed by atoms with Gasteiger partial charge in [-0.1, -0.05) is 11.2 Å². The average molecular weight is 201 g/mol. The zero-order valence-electron chi connectivity index (χ0n) is 8.68. The predicted molar refractivity (Wildman–Crippen MR) is 58.3 cm³/mol. The van der Waals surface area contributed by atoms with E-state index < -0.39 is 0 Å². The fourth-order valence-electron chi connectivity index (χ4n) is 1.69. The van der Waals surface area contributed by atoms with E-state index in [-0.39, 0.29) is 0 Å². The third kappa shape index (κ3) is 1.65. The van der Waals surface area contributed by atoms with E-state index in [0.717, 1.165) is 22.0 Å². The van der Waals surface area contributed by atoms with Crippen LogP contribution in [0.1, 0.15) is 11.1 Å². The number of aromatic nitrogens is 2. The molecule has 0 spiro atoms. The quantitative estimate of drug-likeness (QED) is 0.418. The van der Waals surface area contributed by atoms with Gasteiger partial charge in [0.15, 0.2) is 0 Å². The summed E-state index contributed by atoms with van der Waals surface area (Å²) in [6.07, 6.45) is 1.95. The lowest BCUT2D eigenvalue weighted by Crippen LogP contribution is -1.87. The second kappa shape index (κ2) is 3.63. The molecule has 0 amide bonds. The first-order valence-corrected chi connectivity index (χ1v) is 4.65. The van der Waals surface area contributed by atoms with Gasteiger partial charge >= 0.3 is 0 Å². The monoisotopic (exact) mass is 201 g/mol. The van der Waals surface area contributed by atoms with E-state index in [2.05, 4.69) is 15.1 Å². The molecule has 5 nitrogen and oxygen atoms in total. The largest absolute Gasteiger partial charge is 0.275 e. The van der Waals surface area contributed by atoms with E-state index in [1.165, 1.54) is 0 Å². The number of benzene rings is 1. The Hall–Kier alpha value is -2.00. The highest BCUT2D eigenvalue weighted by Crippen LogP contribution is 2.21. The molecule has 0 fully saturated rings. The molecule has 0 aliphatic heterocycles. The Balaban J connectivity index is 2.66. The van der Waals surface area contributed by atoms with Crippen molar-refractivity contribution in [3.63, 3.8) is 0 Å². The Bertz CT molecular complexity index is 548. The second-order valence-corrected chi connectivity index (χ2v) is 3.49. The maximum absolute atomic E-state index is 8.33. The Morgan fingerprint density at radius 3 is 3.07 bits per heavy atom. The van der Waals surface area contributed by atoms with Crippen LogP contribution in [-0.2, 0) is 13.6 Å². The minimum atomic E-state index is 0.380. The van der Waals surface area contributed by atoms with Crippen LogP contribution in [0.25, 0.3) is 21.3 Å². The van der Waals surface area contributed by atoms with E-state index in [0.29, 0.717) is 6.54 Å². The van der Waals surface area contributed by atoms with E-state index >= 15 is 0 Å². The van der Waals surface area contributed by atoms with Crippen LogP contribution in [0, 0.1) is 6.92 Å². The maximum Gasteiger partial charge on any atom is 0.0926 e. The molecule has 0 saturated heterocycles. The Morgan fingerprint density at radius 2 is 2.33 bits per heavy atom. The van der Waals surface area contributed by atoms with Crippen LogP contribution in [0.15, 0.2) is 23.4 Å². The van der Waals surface area contributed by atoms with Gasteiger partial charge in [-0.3, -0.25) is 4.68 Å². The molecule has 0 N–H and O–H groups in total. The van der Waals surface area contributed by atoms with Crippen molar-refractivity contribution in [3.8, 4) is 0 Å². The van der Waals surface area contributed by atoms with E-state index in [1.807, 2.05) is 32.3 Å². The number of azide groups is 1. The van der Waals surface area contributed by atoms with E-state index in [1.54, 1.807) is 4.68 Å². The zero-order chi connectivity index (χ0) is 10.8. The molecule has 5 heteroatoms. The molecule has 0 aliphatic rings. The summed E-state index contributed by atoms with van der Waals surface area (Å²) in [6.45, 7) is 2.39. The van der Waals surface area contributed by atoms with Crippen molar-refractivity contribution in [2.45, 2.75) is 13.5 Å². The van der Waals surface area contributed by atoms with Crippen LogP contribution < -0.4 is 0 Å². The molecule has 0 saturated carbocycles. The lowest BCUT2D eigenvalue weighted by atomic mass is 10.0. The van der Waals surface area contributed by atoms with Crippen LogP contribution in [-0.4, -0.2) is 9.78 Å². The van der Waals surface area contributed by atoms with Crippen LogP contribution in [0.2, 0.25) is 0 Å². The second-order valence-electron chi connectivity index (χ2n) is 3.49. The summed E-state index contributed by atoms with van der Waals surface area (Å²) in [7, 11) is 1.88. The first kappa shape index (κ1) is 9.55. The highest BCUT2D eigenvalue weighted by Gasteiger charge is 2.06. The third-order valence-corrected chi connectivity index (χ3v) is 2.44. The summed E-state index contributed by atoms with van der Waals surface area (Å²) in [5, 5.41) is 8.97. The minimum Gasteiger partial charge on any atom is -0.275 e. The zero-order valence-corrected chi connectivity index (χ0v) is 8.68. The number of fused-ring (bicyclic) bond motifs is 1. The molecule has 0 radical (unpaired) electrons. The molecule has 15 heavy (non-hydrogen) atoms. The first-order valence-electron chi connectivity index (χ1n) is 4.65. The predicted octanol–water partition coefficient (Wildman–Crippen LogP) is 2.69. The lowest BCUT2D eigenvalue weighted by molar-refractivity contribution is 0.779. The van der Waals surface area contributed by atoms with E-state index in [4.69, 9.17) is 5.53 Å². The molecule has 0 atom stereocenters. The molecule has 2 rings (SSSR count). The van der Waals surface area contributed by atoms with Gasteiger partial charge in [-0.05, 0) is 29.6 Å². The van der Waals surface area contributed by atoms with Gasteiger partial charge in [0.1, 0.15) is 0 Å². The van der Waals surface area contributed by atoms with Gasteiger partial charge in [0, 0.05) is 23.5 Å². The van der Waals surface area contributed by atoms with Crippen molar-refractivity contribution in [2.24, 2.45) is 12.2 Å².